The van der Waals surface area contributed by atoms with Crippen molar-refractivity contribution in [1.29, 1.82) is 0 Å². The quantitative estimate of drug-likeness (QED) is 0.749. The average Bonchev–Trinajstić information content (AvgIpc) is 2.84. The Balaban J connectivity index is 2.13. The van der Waals surface area contributed by atoms with E-state index in [4.69, 9.17) is 16.7 Å². The molecule has 3 aromatic rings. The maximum atomic E-state index is 10.8. The lowest BCUT2D eigenvalue weighted by Gasteiger charge is -2.03. The molecule has 0 bridgehead atoms. The molecule has 0 radical (unpaired) electrons. The number of carboxylic acids is 1. The summed E-state index contributed by atoms with van der Waals surface area (Å²) < 4.78 is 1.84. The van der Waals surface area contributed by atoms with E-state index in [9.17, 15) is 4.79 Å². The van der Waals surface area contributed by atoms with Crippen LogP contribution in [-0.4, -0.2) is 30.6 Å². The van der Waals surface area contributed by atoms with Gasteiger partial charge in [-0.15, -0.1) is 0 Å². The Morgan fingerprint density at radius 1 is 1.29 bits per heavy atom. The lowest BCUT2D eigenvalue weighted by atomic mass is 10.1. The molecular weight excluding hydrogens is 292 g/mol. The van der Waals surface area contributed by atoms with E-state index >= 15 is 0 Å². The maximum Gasteiger partial charge on any atom is 0.303 e. The monoisotopic (exact) mass is 302 g/mol. The van der Waals surface area contributed by atoms with Gasteiger partial charge in [0.2, 0.25) is 5.28 Å². The lowest BCUT2D eigenvalue weighted by molar-refractivity contribution is -0.136. The normalized spacial score (nSPS) is 10.9. The molecule has 0 atom stereocenters. The van der Waals surface area contributed by atoms with Crippen LogP contribution in [-0.2, 0) is 11.2 Å². The number of halogens is 1. The molecule has 3 rings (SSSR count). The molecule has 6 nitrogen and oxygen atoms in total. The van der Waals surface area contributed by atoms with Gasteiger partial charge in [-0.2, -0.15) is 4.98 Å². The molecule has 0 aliphatic carbocycles. The number of aromatic nitrogens is 4. The number of pyridine rings is 1. The Hall–Kier alpha value is -2.47. The number of hydrogen-bond donors (Lipinski definition) is 1. The molecule has 0 spiro atoms. The van der Waals surface area contributed by atoms with E-state index in [1.807, 2.05) is 22.9 Å². The Labute approximate surface area is 125 Å². The summed E-state index contributed by atoms with van der Waals surface area (Å²) in [5, 5.41) is 9.00. The number of carbonyl (C=O) groups is 1. The van der Waals surface area contributed by atoms with Gasteiger partial charge in [-0.3, -0.25) is 14.3 Å². The van der Waals surface area contributed by atoms with Gasteiger partial charge in [0.1, 0.15) is 5.82 Å². The highest BCUT2D eigenvalue weighted by molar-refractivity contribution is 6.28. The number of aliphatic carboxylic acids is 1. The smallest absolute Gasteiger partial charge is 0.303 e. The minimum absolute atomic E-state index is 0.0558. The van der Waals surface area contributed by atoms with E-state index < -0.39 is 5.97 Å². The van der Waals surface area contributed by atoms with Gasteiger partial charge in [0, 0.05) is 25.0 Å². The van der Waals surface area contributed by atoms with Gasteiger partial charge >= 0.3 is 5.97 Å². The van der Waals surface area contributed by atoms with Crippen LogP contribution in [0.2, 0.25) is 5.28 Å². The zero-order valence-electron chi connectivity index (χ0n) is 10.9. The second-order valence-corrected chi connectivity index (χ2v) is 4.81. The fourth-order valence-corrected chi connectivity index (χ4v) is 2.34. The first kappa shape index (κ1) is 13.5. The summed E-state index contributed by atoms with van der Waals surface area (Å²) in [5.74, 6) is -0.216. The third-order valence-electron chi connectivity index (χ3n) is 3.10. The van der Waals surface area contributed by atoms with Crippen LogP contribution in [0.25, 0.3) is 16.9 Å². The molecule has 0 saturated carbocycles. The minimum Gasteiger partial charge on any atom is -0.481 e. The van der Waals surface area contributed by atoms with Crippen molar-refractivity contribution in [3.8, 4) is 5.82 Å². The molecule has 0 aliphatic rings. The predicted molar refractivity (Wildman–Crippen MR) is 77.6 cm³/mol. The summed E-state index contributed by atoms with van der Waals surface area (Å²) >= 11 is 5.83. The highest BCUT2D eigenvalue weighted by Crippen LogP contribution is 2.23. The third-order valence-corrected chi connectivity index (χ3v) is 3.28. The van der Waals surface area contributed by atoms with Crippen molar-refractivity contribution in [2.75, 3.05) is 0 Å². The maximum absolute atomic E-state index is 10.8. The van der Waals surface area contributed by atoms with Crippen molar-refractivity contribution in [1.82, 2.24) is 19.5 Å². The Morgan fingerprint density at radius 3 is 2.90 bits per heavy atom. The Kier molecular flexibility index (Phi) is 3.53. The second kappa shape index (κ2) is 5.49. The van der Waals surface area contributed by atoms with E-state index in [0.29, 0.717) is 12.2 Å². The number of rotatable bonds is 4. The van der Waals surface area contributed by atoms with Crippen molar-refractivity contribution in [2.24, 2.45) is 0 Å². The first-order chi connectivity index (χ1) is 10.1. The van der Waals surface area contributed by atoms with Crippen LogP contribution in [0, 0.1) is 0 Å². The van der Waals surface area contributed by atoms with E-state index in [0.717, 1.165) is 16.6 Å². The number of carboxylic acid groups (broad SMARTS) is 1. The zero-order chi connectivity index (χ0) is 14.8. The van der Waals surface area contributed by atoms with Crippen LogP contribution in [0.4, 0.5) is 0 Å². The molecule has 0 unspecified atom stereocenters. The highest BCUT2D eigenvalue weighted by Gasteiger charge is 2.12. The second-order valence-electron chi connectivity index (χ2n) is 4.47. The molecule has 3 heterocycles. The van der Waals surface area contributed by atoms with Gasteiger partial charge in [-0.1, -0.05) is 0 Å². The number of nitrogens with zero attached hydrogens (tertiary/aromatic N) is 4. The molecule has 21 heavy (non-hydrogen) atoms. The van der Waals surface area contributed by atoms with Crippen molar-refractivity contribution in [2.45, 2.75) is 12.8 Å². The Morgan fingerprint density at radius 2 is 2.14 bits per heavy atom. The van der Waals surface area contributed by atoms with E-state index in [1.165, 1.54) is 0 Å². The summed E-state index contributed by atoms with van der Waals surface area (Å²) in [6, 6.07) is 5.46. The van der Waals surface area contributed by atoms with Gasteiger partial charge in [0.05, 0.1) is 11.0 Å². The van der Waals surface area contributed by atoms with Crippen molar-refractivity contribution in [3.63, 3.8) is 0 Å². The van der Waals surface area contributed by atoms with Crippen molar-refractivity contribution < 1.29 is 9.90 Å². The van der Waals surface area contributed by atoms with E-state index in [2.05, 4.69) is 15.0 Å². The van der Waals surface area contributed by atoms with Crippen LogP contribution < -0.4 is 0 Å². The van der Waals surface area contributed by atoms with Crippen molar-refractivity contribution in [3.05, 3.63) is 47.6 Å². The van der Waals surface area contributed by atoms with Crippen LogP contribution in [0.1, 0.15) is 12.0 Å². The van der Waals surface area contributed by atoms with Gasteiger partial charge in [-0.25, -0.2) is 4.98 Å². The van der Waals surface area contributed by atoms with Crippen LogP contribution in [0.15, 0.2) is 36.8 Å². The minimum atomic E-state index is -0.836. The van der Waals surface area contributed by atoms with Crippen LogP contribution in [0.5, 0.6) is 0 Å². The fraction of sp³-hybridized carbons (Fsp3) is 0.143. The van der Waals surface area contributed by atoms with E-state index in [1.54, 1.807) is 18.5 Å². The zero-order valence-corrected chi connectivity index (χ0v) is 11.7. The molecular formula is C14H11ClN4O2. The molecule has 0 saturated heterocycles. The lowest BCUT2D eigenvalue weighted by Crippen LogP contribution is -1.98. The average molecular weight is 303 g/mol. The SMILES string of the molecule is O=C(O)CCc1cn(-c2ccnc(Cl)n2)c2cccnc12. The highest BCUT2D eigenvalue weighted by atomic mass is 35.5. The number of hydrogen-bond acceptors (Lipinski definition) is 4. The largest absolute Gasteiger partial charge is 0.481 e. The summed E-state index contributed by atoms with van der Waals surface area (Å²) in [6.07, 6.45) is 5.57. The Bertz CT molecular complexity index is 816. The van der Waals surface area contributed by atoms with E-state index in [-0.39, 0.29) is 11.7 Å². The topological polar surface area (TPSA) is 80.9 Å². The molecule has 3 aromatic heterocycles. The van der Waals surface area contributed by atoms with Gasteiger partial charge < -0.3 is 5.11 Å². The molecule has 0 aromatic carbocycles. The first-order valence-corrected chi connectivity index (χ1v) is 6.68. The molecule has 7 heteroatoms. The fourth-order valence-electron chi connectivity index (χ4n) is 2.20. The third kappa shape index (κ3) is 2.71. The first-order valence-electron chi connectivity index (χ1n) is 6.31. The number of aryl methyl sites for hydroxylation is 1. The summed E-state index contributed by atoms with van der Waals surface area (Å²) in [6.45, 7) is 0. The van der Waals surface area contributed by atoms with Crippen molar-refractivity contribution >= 4 is 28.6 Å². The van der Waals surface area contributed by atoms with Gasteiger partial charge in [0.15, 0.2) is 0 Å². The summed E-state index contributed by atoms with van der Waals surface area (Å²) in [5.41, 5.74) is 2.49. The van der Waals surface area contributed by atoms with Crippen LogP contribution in [0.3, 0.4) is 0 Å². The molecule has 1 N–H and O–H groups in total. The van der Waals surface area contributed by atoms with Crippen LogP contribution >= 0.6 is 11.6 Å². The van der Waals surface area contributed by atoms with Gasteiger partial charge in [0.25, 0.3) is 0 Å². The molecule has 0 amide bonds. The summed E-state index contributed by atoms with van der Waals surface area (Å²) in [4.78, 5) is 23.1. The van der Waals surface area contributed by atoms with Gasteiger partial charge in [-0.05, 0) is 41.8 Å². The molecule has 106 valence electrons. The summed E-state index contributed by atoms with van der Waals surface area (Å²) in [7, 11) is 0. The predicted octanol–water partition coefficient (Wildman–Crippen LogP) is 2.49. The standard InChI is InChI=1S/C14H11ClN4O2/c15-14-17-7-5-11(18-14)19-8-9(3-4-12(20)21)13-10(19)2-1-6-16-13/h1-2,5-8H,3-4H2,(H,20,21). The molecule has 0 aliphatic heterocycles. The number of fused-ring (bicyclic) bond motifs is 1. The molecule has 0 fully saturated rings.